The second-order valence-corrected chi connectivity index (χ2v) is 5.29. The van der Waals surface area contributed by atoms with E-state index >= 15 is 0 Å². The van der Waals surface area contributed by atoms with Crippen LogP contribution in [0.2, 0.25) is 0 Å². The number of tetrazole rings is 1. The minimum atomic E-state index is 0.186. The first-order valence-electron chi connectivity index (χ1n) is 6.94. The maximum absolute atomic E-state index is 5.87. The van der Waals surface area contributed by atoms with Crippen molar-refractivity contribution in [1.82, 2.24) is 25.5 Å². The molecule has 0 spiro atoms. The molecule has 6 heteroatoms. The maximum atomic E-state index is 5.87. The first-order chi connectivity index (χ1) is 8.81. The van der Waals surface area contributed by atoms with Crippen molar-refractivity contribution in [3.63, 3.8) is 0 Å². The molecule has 100 valence electrons. The van der Waals surface area contributed by atoms with E-state index in [4.69, 9.17) is 4.74 Å². The molecule has 1 aliphatic carbocycles. The SMILES string of the molecule is CCNC(C)c1nnnn1C1CCOC1C1CC1. The molecule has 1 aromatic rings. The summed E-state index contributed by atoms with van der Waals surface area (Å²) in [6.07, 6.45) is 3.93. The average molecular weight is 251 g/mol. The third-order valence-electron chi connectivity index (χ3n) is 3.92. The van der Waals surface area contributed by atoms with Crippen molar-refractivity contribution < 1.29 is 4.74 Å². The zero-order valence-electron chi connectivity index (χ0n) is 11.0. The molecule has 1 aliphatic heterocycles. The van der Waals surface area contributed by atoms with Gasteiger partial charge in [0.1, 0.15) is 0 Å². The summed E-state index contributed by atoms with van der Waals surface area (Å²) in [6, 6.07) is 0.508. The molecule has 2 heterocycles. The summed E-state index contributed by atoms with van der Waals surface area (Å²) < 4.78 is 7.86. The Labute approximate surface area is 107 Å². The Morgan fingerprint density at radius 1 is 1.44 bits per heavy atom. The lowest BCUT2D eigenvalue weighted by Gasteiger charge is -2.21. The van der Waals surface area contributed by atoms with Crippen LogP contribution in [0.5, 0.6) is 0 Å². The van der Waals surface area contributed by atoms with Crippen LogP contribution in [0.15, 0.2) is 0 Å². The summed E-state index contributed by atoms with van der Waals surface area (Å²) in [7, 11) is 0. The Kier molecular flexibility index (Phi) is 3.30. The van der Waals surface area contributed by atoms with E-state index in [2.05, 4.69) is 34.7 Å². The molecule has 1 aromatic heterocycles. The molecule has 2 fully saturated rings. The van der Waals surface area contributed by atoms with E-state index in [9.17, 15) is 0 Å². The normalized spacial score (nSPS) is 29.7. The highest BCUT2D eigenvalue weighted by atomic mass is 16.5. The molecule has 3 unspecified atom stereocenters. The number of hydrogen-bond donors (Lipinski definition) is 1. The quantitative estimate of drug-likeness (QED) is 0.848. The third-order valence-corrected chi connectivity index (χ3v) is 3.92. The van der Waals surface area contributed by atoms with Crippen molar-refractivity contribution in [2.45, 2.75) is 51.3 Å². The predicted octanol–water partition coefficient (Wildman–Crippen LogP) is 1.08. The maximum Gasteiger partial charge on any atom is 0.168 e. The molecule has 1 saturated carbocycles. The number of rotatable bonds is 5. The zero-order valence-corrected chi connectivity index (χ0v) is 11.0. The zero-order chi connectivity index (χ0) is 12.5. The largest absolute Gasteiger partial charge is 0.376 e. The van der Waals surface area contributed by atoms with Crippen molar-refractivity contribution >= 4 is 0 Å². The van der Waals surface area contributed by atoms with Gasteiger partial charge in [-0.1, -0.05) is 6.92 Å². The van der Waals surface area contributed by atoms with Gasteiger partial charge in [-0.05, 0) is 49.1 Å². The standard InChI is InChI=1S/C12H21N5O/c1-3-13-8(2)12-14-15-16-17(12)10-6-7-18-11(10)9-4-5-9/h8-11,13H,3-7H2,1-2H3. The second kappa shape index (κ2) is 4.93. The summed E-state index contributed by atoms with van der Waals surface area (Å²) in [6.45, 7) is 5.95. The van der Waals surface area contributed by atoms with Crippen LogP contribution < -0.4 is 5.32 Å². The van der Waals surface area contributed by atoms with Gasteiger partial charge in [0.2, 0.25) is 0 Å². The molecule has 3 atom stereocenters. The van der Waals surface area contributed by atoms with Crippen LogP contribution in [0, 0.1) is 5.92 Å². The molecule has 18 heavy (non-hydrogen) atoms. The summed E-state index contributed by atoms with van der Waals surface area (Å²) >= 11 is 0. The Morgan fingerprint density at radius 2 is 2.28 bits per heavy atom. The highest BCUT2D eigenvalue weighted by molar-refractivity contribution is 4.98. The van der Waals surface area contributed by atoms with Crippen molar-refractivity contribution in [2.24, 2.45) is 5.92 Å². The van der Waals surface area contributed by atoms with Gasteiger partial charge in [-0.25, -0.2) is 4.68 Å². The lowest BCUT2D eigenvalue weighted by atomic mass is 10.1. The van der Waals surface area contributed by atoms with Gasteiger partial charge in [-0.3, -0.25) is 0 Å². The molecular weight excluding hydrogens is 230 g/mol. The van der Waals surface area contributed by atoms with Gasteiger partial charge in [-0.2, -0.15) is 0 Å². The Bertz CT molecular complexity index is 403. The number of aromatic nitrogens is 4. The fourth-order valence-corrected chi connectivity index (χ4v) is 2.86. The second-order valence-electron chi connectivity index (χ2n) is 5.29. The van der Waals surface area contributed by atoms with Crippen molar-refractivity contribution in [1.29, 1.82) is 0 Å². The van der Waals surface area contributed by atoms with Gasteiger partial charge < -0.3 is 10.1 Å². The summed E-state index contributed by atoms with van der Waals surface area (Å²) in [5.74, 6) is 1.65. The lowest BCUT2D eigenvalue weighted by Crippen LogP contribution is -2.28. The number of hydrogen-bond acceptors (Lipinski definition) is 5. The van der Waals surface area contributed by atoms with Crippen LogP contribution in [0.25, 0.3) is 0 Å². The topological polar surface area (TPSA) is 64.9 Å². The smallest absolute Gasteiger partial charge is 0.168 e. The lowest BCUT2D eigenvalue weighted by molar-refractivity contribution is 0.0712. The molecule has 3 rings (SSSR count). The van der Waals surface area contributed by atoms with E-state index in [1.807, 2.05) is 4.68 Å². The monoisotopic (exact) mass is 251 g/mol. The summed E-state index contributed by atoms with van der Waals surface area (Å²) in [5, 5.41) is 15.6. The minimum absolute atomic E-state index is 0.186. The van der Waals surface area contributed by atoms with Gasteiger partial charge >= 0.3 is 0 Å². The van der Waals surface area contributed by atoms with Gasteiger partial charge in [-0.15, -0.1) is 5.10 Å². The highest BCUT2D eigenvalue weighted by Gasteiger charge is 2.43. The summed E-state index contributed by atoms with van der Waals surface area (Å²) in [4.78, 5) is 0. The number of ether oxygens (including phenoxy) is 1. The predicted molar refractivity (Wildman–Crippen MR) is 66.0 cm³/mol. The van der Waals surface area contributed by atoms with Crippen LogP contribution in [-0.2, 0) is 4.74 Å². The first kappa shape index (κ1) is 12.0. The van der Waals surface area contributed by atoms with Crippen LogP contribution in [0.3, 0.4) is 0 Å². The van der Waals surface area contributed by atoms with Crippen LogP contribution in [0.1, 0.15) is 51.0 Å². The van der Waals surface area contributed by atoms with E-state index in [0.717, 1.165) is 31.3 Å². The molecule has 0 aromatic carbocycles. The van der Waals surface area contributed by atoms with Crippen LogP contribution >= 0.6 is 0 Å². The van der Waals surface area contributed by atoms with E-state index < -0.39 is 0 Å². The van der Waals surface area contributed by atoms with Crippen molar-refractivity contribution in [2.75, 3.05) is 13.2 Å². The van der Waals surface area contributed by atoms with Gasteiger partial charge in [0.05, 0.1) is 18.2 Å². The van der Waals surface area contributed by atoms with Crippen LogP contribution in [0.4, 0.5) is 0 Å². The van der Waals surface area contributed by atoms with Gasteiger partial charge in [0.25, 0.3) is 0 Å². The van der Waals surface area contributed by atoms with E-state index in [-0.39, 0.29) is 6.04 Å². The molecule has 6 nitrogen and oxygen atoms in total. The van der Waals surface area contributed by atoms with Gasteiger partial charge in [0, 0.05) is 6.61 Å². The Morgan fingerprint density at radius 3 is 3.00 bits per heavy atom. The molecular formula is C12H21N5O. The van der Waals surface area contributed by atoms with Crippen LogP contribution in [-0.4, -0.2) is 39.5 Å². The minimum Gasteiger partial charge on any atom is -0.376 e. The van der Waals surface area contributed by atoms with E-state index in [1.54, 1.807) is 0 Å². The Balaban J connectivity index is 1.80. The van der Waals surface area contributed by atoms with Crippen molar-refractivity contribution in [3.8, 4) is 0 Å². The summed E-state index contributed by atoms with van der Waals surface area (Å²) in [5.41, 5.74) is 0. The fraction of sp³-hybridized carbons (Fsp3) is 0.917. The average Bonchev–Trinajstić information content (AvgIpc) is 2.93. The highest BCUT2D eigenvalue weighted by Crippen LogP contribution is 2.43. The molecule has 0 amide bonds. The van der Waals surface area contributed by atoms with Gasteiger partial charge in [0.15, 0.2) is 5.82 Å². The van der Waals surface area contributed by atoms with E-state index in [1.165, 1.54) is 12.8 Å². The van der Waals surface area contributed by atoms with Crippen molar-refractivity contribution in [3.05, 3.63) is 5.82 Å². The first-order valence-corrected chi connectivity index (χ1v) is 6.94. The molecule has 1 N–H and O–H groups in total. The molecule has 0 radical (unpaired) electrons. The molecule has 1 saturated heterocycles. The fourth-order valence-electron chi connectivity index (χ4n) is 2.86. The number of nitrogens with one attached hydrogen (secondary N) is 1. The molecule has 2 aliphatic rings. The molecule has 0 bridgehead atoms. The third kappa shape index (κ3) is 2.14. The Hall–Kier alpha value is -1.01. The van der Waals surface area contributed by atoms with E-state index in [0.29, 0.717) is 12.1 Å². The number of nitrogens with zero attached hydrogens (tertiary/aromatic N) is 4.